The van der Waals surface area contributed by atoms with E-state index in [1.54, 1.807) is 20.2 Å². The molecular weight excluding hydrogens is 598 g/mol. The number of benzene rings is 1. The van der Waals surface area contributed by atoms with Crippen LogP contribution in [0.1, 0.15) is 43.8 Å². The number of aromatic nitrogens is 3. The van der Waals surface area contributed by atoms with Crippen LogP contribution in [0, 0.1) is 17.0 Å². The van der Waals surface area contributed by atoms with E-state index < -0.39 is 28.9 Å². The molecule has 3 N–H and O–H groups in total. The fourth-order valence-electron chi connectivity index (χ4n) is 4.22. The first-order valence-corrected chi connectivity index (χ1v) is 13.1. The molecule has 16 heteroatoms. The summed E-state index contributed by atoms with van der Waals surface area (Å²) in [6.45, 7) is 1.48. The predicted octanol–water partition coefficient (Wildman–Crippen LogP) is 6.03. The smallest absolute Gasteiger partial charge is 0.291 e. The summed E-state index contributed by atoms with van der Waals surface area (Å²) in [7, 11) is 1.67. The molecule has 1 aromatic carbocycles. The Labute approximate surface area is 243 Å². The molecule has 12 nitrogen and oxygen atoms in total. The van der Waals surface area contributed by atoms with Gasteiger partial charge in [-0.3, -0.25) is 24.4 Å². The lowest BCUT2D eigenvalue weighted by molar-refractivity contribution is -0.384. The van der Waals surface area contributed by atoms with Gasteiger partial charge in [-0.25, -0.2) is 13.8 Å². The van der Waals surface area contributed by atoms with Gasteiger partial charge >= 0.3 is 0 Å². The fraction of sp³-hybridized carbons (Fsp3) is 0.154. The van der Waals surface area contributed by atoms with Crippen molar-refractivity contribution >= 4 is 56.3 Å². The van der Waals surface area contributed by atoms with Gasteiger partial charge in [-0.2, -0.15) is 5.10 Å². The van der Waals surface area contributed by atoms with Gasteiger partial charge in [0.15, 0.2) is 5.76 Å². The van der Waals surface area contributed by atoms with Crippen molar-refractivity contribution in [3.63, 3.8) is 0 Å². The summed E-state index contributed by atoms with van der Waals surface area (Å²) in [6.07, 6.45) is -1.28. The second-order valence-electron chi connectivity index (χ2n) is 8.93. The van der Waals surface area contributed by atoms with Gasteiger partial charge in [-0.15, -0.1) is 11.3 Å². The van der Waals surface area contributed by atoms with E-state index in [4.69, 9.17) is 26.5 Å². The molecule has 0 aliphatic carbocycles. The number of ether oxygens (including phenoxy) is 1. The van der Waals surface area contributed by atoms with Gasteiger partial charge in [0.1, 0.15) is 33.5 Å². The third-order valence-electron chi connectivity index (χ3n) is 6.05. The number of pyridine rings is 1. The molecule has 0 saturated heterocycles. The maximum absolute atomic E-state index is 13.7. The van der Waals surface area contributed by atoms with Crippen LogP contribution in [0.15, 0.2) is 47.0 Å². The van der Waals surface area contributed by atoms with Crippen molar-refractivity contribution in [2.24, 2.45) is 12.8 Å². The number of thiophene rings is 1. The van der Waals surface area contributed by atoms with Crippen molar-refractivity contribution in [2.75, 3.05) is 5.32 Å². The Hall–Kier alpha value is -4.89. The quantitative estimate of drug-likeness (QED) is 0.149. The molecule has 42 heavy (non-hydrogen) atoms. The molecule has 5 aromatic rings. The van der Waals surface area contributed by atoms with E-state index in [-0.39, 0.29) is 60.9 Å². The molecule has 0 radical (unpaired) electrons. The number of fused-ring (bicyclic) bond motifs is 1. The number of nitro groups is 1. The maximum atomic E-state index is 13.7. The lowest BCUT2D eigenvalue weighted by Gasteiger charge is -2.10. The minimum atomic E-state index is -2.90. The van der Waals surface area contributed by atoms with E-state index in [0.29, 0.717) is 11.3 Å². The largest absolute Gasteiger partial charge is 0.484 e. The van der Waals surface area contributed by atoms with Gasteiger partial charge < -0.3 is 20.2 Å². The number of carbonyl (C=O) groups excluding carboxylic acids is 2. The highest BCUT2D eigenvalue weighted by Gasteiger charge is 2.27. The molecule has 0 aliphatic rings. The number of rotatable bonds is 9. The van der Waals surface area contributed by atoms with Crippen molar-refractivity contribution < 1.29 is 32.4 Å². The average molecular weight is 617 g/mol. The predicted molar refractivity (Wildman–Crippen MR) is 149 cm³/mol. The molecule has 5 rings (SSSR count). The van der Waals surface area contributed by atoms with Crippen molar-refractivity contribution in [1.82, 2.24) is 14.8 Å². The van der Waals surface area contributed by atoms with E-state index in [1.165, 1.54) is 35.0 Å². The zero-order chi connectivity index (χ0) is 30.3. The number of hydrogen-bond donors (Lipinski definition) is 2. The lowest BCUT2D eigenvalue weighted by Crippen LogP contribution is -2.16. The van der Waals surface area contributed by atoms with Crippen LogP contribution in [0.5, 0.6) is 5.75 Å². The third-order valence-corrected chi connectivity index (χ3v) is 7.46. The second-order valence-corrected chi connectivity index (χ2v) is 10.3. The number of non-ortho nitro benzene ring substituents is 1. The number of furan rings is 1. The number of nitro benzene ring substituents is 1. The van der Waals surface area contributed by atoms with Gasteiger partial charge in [-0.1, -0.05) is 11.6 Å². The number of halogens is 3. The minimum absolute atomic E-state index is 0.0170. The van der Waals surface area contributed by atoms with Gasteiger partial charge in [0.2, 0.25) is 0 Å². The summed E-state index contributed by atoms with van der Waals surface area (Å²) in [4.78, 5) is 40.0. The van der Waals surface area contributed by atoms with Crippen molar-refractivity contribution in [1.29, 1.82) is 0 Å². The highest BCUT2D eigenvalue weighted by Crippen LogP contribution is 2.43. The minimum Gasteiger partial charge on any atom is -0.484 e. The Morgan fingerprint density at radius 3 is 2.67 bits per heavy atom. The summed E-state index contributed by atoms with van der Waals surface area (Å²) in [5.74, 6) is -1.63. The van der Waals surface area contributed by atoms with E-state index in [2.05, 4.69) is 15.4 Å². The number of aryl methyl sites for hydroxylation is 2. The molecular formula is C26H19ClF2N6O6S. The van der Waals surface area contributed by atoms with E-state index in [0.717, 1.165) is 17.4 Å². The number of nitrogens with two attached hydrogens (primary N) is 1. The summed E-state index contributed by atoms with van der Waals surface area (Å²) in [5.41, 5.74) is 6.13. The summed E-state index contributed by atoms with van der Waals surface area (Å²) >= 11 is 6.82. The van der Waals surface area contributed by atoms with Gasteiger partial charge in [0.25, 0.3) is 23.9 Å². The molecule has 0 saturated carbocycles. The zero-order valence-corrected chi connectivity index (χ0v) is 23.3. The van der Waals surface area contributed by atoms with Gasteiger partial charge in [0, 0.05) is 30.3 Å². The van der Waals surface area contributed by atoms with Crippen LogP contribution < -0.4 is 15.8 Å². The Morgan fingerprint density at radius 1 is 1.26 bits per heavy atom. The van der Waals surface area contributed by atoms with Crippen molar-refractivity contribution in [2.45, 2.75) is 20.0 Å². The first-order valence-electron chi connectivity index (χ1n) is 12.0. The number of hydrogen-bond acceptors (Lipinski definition) is 9. The first kappa shape index (κ1) is 28.6. The zero-order valence-electron chi connectivity index (χ0n) is 21.7. The third kappa shape index (κ3) is 5.51. The molecule has 216 valence electrons. The molecule has 2 amide bonds. The number of nitrogens with one attached hydrogen (secondary N) is 1. The Balaban J connectivity index is 1.48. The highest BCUT2D eigenvalue weighted by molar-refractivity contribution is 7.21. The second kappa shape index (κ2) is 11.2. The number of primary amides is 1. The number of nitrogens with zero attached hydrogens (tertiary/aromatic N) is 4. The Morgan fingerprint density at radius 2 is 2.02 bits per heavy atom. The van der Waals surface area contributed by atoms with E-state index in [9.17, 15) is 28.5 Å². The normalized spacial score (nSPS) is 11.3. The van der Waals surface area contributed by atoms with Crippen LogP contribution in [0.4, 0.5) is 20.2 Å². The van der Waals surface area contributed by atoms with Crippen LogP contribution >= 0.6 is 22.9 Å². The molecule has 0 unspecified atom stereocenters. The summed E-state index contributed by atoms with van der Waals surface area (Å²) in [5, 5.41) is 18.3. The fourth-order valence-corrected chi connectivity index (χ4v) is 5.40. The number of alkyl halides is 2. The monoisotopic (exact) mass is 616 g/mol. The maximum Gasteiger partial charge on any atom is 0.291 e. The standard InChI is InChI=1S/C26H19ClF2N6O6S/c1-11-15(9-34(2)33-11)14-8-17(23(28)29)31-26-20(14)21(22(42-26)24(30)36)32-25(37)18-6-4-13(41-18)10-40-19-7-12(35(38)39)3-5-16(19)27/h3-9,23H,10H2,1-2H3,(H2,30,36)(H,32,37). The Kier molecular flexibility index (Phi) is 7.62. The first-order chi connectivity index (χ1) is 19.9. The molecule has 0 fully saturated rings. The SMILES string of the molecule is Cc1nn(C)cc1-c1cc(C(F)F)nc2sc(C(N)=O)c(NC(=O)c3ccc(COc4cc([N+](=O)[O-])ccc4Cl)o3)c12. The van der Waals surface area contributed by atoms with Crippen LogP contribution in [0.3, 0.4) is 0 Å². The van der Waals surface area contributed by atoms with Crippen LogP contribution in [-0.2, 0) is 13.7 Å². The molecule has 0 bridgehead atoms. The topological polar surface area (TPSA) is 168 Å². The lowest BCUT2D eigenvalue weighted by atomic mass is 10.0. The summed E-state index contributed by atoms with van der Waals surface area (Å²) in [6, 6.07) is 7.68. The summed E-state index contributed by atoms with van der Waals surface area (Å²) < 4.78 is 40.1. The molecule has 0 aliphatic heterocycles. The highest BCUT2D eigenvalue weighted by atomic mass is 35.5. The number of amides is 2. The van der Waals surface area contributed by atoms with E-state index in [1.807, 2.05) is 0 Å². The number of anilines is 1. The van der Waals surface area contributed by atoms with Crippen LogP contribution in [0.25, 0.3) is 21.3 Å². The molecule has 0 atom stereocenters. The molecule has 4 heterocycles. The van der Waals surface area contributed by atoms with Crippen molar-refractivity contribution in [3.05, 3.63) is 85.5 Å². The van der Waals surface area contributed by atoms with E-state index >= 15 is 0 Å². The Bertz CT molecular complexity index is 1880. The van der Waals surface area contributed by atoms with Crippen LogP contribution in [0.2, 0.25) is 5.02 Å². The van der Waals surface area contributed by atoms with Gasteiger partial charge in [-0.05, 0) is 36.8 Å². The molecule has 4 aromatic heterocycles. The van der Waals surface area contributed by atoms with Crippen LogP contribution in [-0.4, -0.2) is 31.5 Å². The van der Waals surface area contributed by atoms with Gasteiger partial charge in [0.05, 0.1) is 27.4 Å². The number of carbonyl (C=O) groups is 2. The average Bonchev–Trinajstić information content (AvgIpc) is 3.64. The van der Waals surface area contributed by atoms with Crippen molar-refractivity contribution in [3.8, 4) is 16.9 Å². The molecule has 0 spiro atoms.